The number of nitro groups is 1. The number of carbonyl (C=O) groups excluding carboxylic acids is 1. The zero-order valence-electron chi connectivity index (χ0n) is 10.2. The van der Waals surface area contributed by atoms with Crippen LogP contribution < -0.4 is 11.1 Å². The maximum Gasteiger partial charge on any atom is 0.305 e. The van der Waals surface area contributed by atoms with E-state index in [1.807, 2.05) is 0 Å². The van der Waals surface area contributed by atoms with Crippen molar-refractivity contribution in [1.82, 2.24) is 5.32 Å². The number of nitrogens with two attached hydrogens (primary N) is 1. The first-order valence-corrected chi connectivity index (χ1v) is 5.54. The third-order valence-corrected chi connectivity index (χ3v) is 2.54. The van der Waals surface area contributed by atoms with Gasteiger partial charge in [-0.2, -0.15) is 4.39 Å². The molecule has 104 valence electrons. The molecule has 0 aliphatic rings. The minimum atomic E-state index is -1.49. The summed E-state index contributed by atoms with van der Waals surface area (Å²) in [5.41, 5.74) is 3.62. The van der Waals surface area contributed by atoms with Gasteiger partial charge in [0.2, 0.25) is 5.82 Å². The van der Waals surface area contributed by atoms with Gasteiger partial charge in [0, 0.05) is 18.7 Å². The molecule has 0 saturated carbocycles. The Hall–Kier alpha value is -2.09. The number of amides is 1. The summed E-state index contributed by atoms with van der Waals surface area (Å²) in [6.45, 7) is 1.81. The summed E-state index contributed by atoms with van der Waals surface area (Å²) in [6.07, 6.45) is 0.570. The quantitative estimate of drug-likeness (QED) is 0.624. The van der Waals surface area contributed by atoms with E-state index in [1.54, 1.807) is 6.92 Å². The van der Waals surface area contributed by atoms with Crippen LogP contribution in [-0.2, 0) is 0 Å². The molecule has 0 spiro atoms. The van der Waals surface area contributed by atoms with Gasteiger partial charge in [0.25, 0.3) is 5.91 Å². The molecule has 8 heteroatoms. The number of hydrogen-bond acceptors (Lipinski definition) is 4. The zero-order chi connectivity index (χ0) is 14.6. The Balaban J connectivity index is 3.02. The standard InChI is InChI=1S/C11H13F2N3O3/c1-2-6(14)5-15-11(17)9-7(12)3-4-8(10(9)13)16(18)19/h3-4,6H,2,5,14H2,1H3,(H,15,17). The van der Waals surface area contributed by atoms with Crippen LogP contribution in [0.5, 0.6) is 0 Å². The van der Waals surface area contributed by atoms with Gasteiger partial charge < -0.3 is 11.1 Å². The normalized spacial score (nSPS) is 12.0. The fraction of sp³-hybridized carbons (Fsp3) is 0.364. The molecule has 1 aromatic rings. The molecule has 1 atom stereocenters. The van der Waals surface area contributed by atoms with Gasteiger partial charge in [-0.3, -0.25) is 14.9 Å². The van der Waals surface area contributed by atoms with Gasteiger partial charge in [-0.25, -0.2) is 4.39 Å². The van der Waals surface area contributed by atoms with E-state index in [1.165, 1.54) is 0 Å². The Morgan fingerprint density at radius 1 is 1.53 bits per heavy atom. The topological polar surface area (TPSA) is 98.3 Å². The maximum atomic E-state index is 13.7. The van der Waals surface area contributed by atoms with Gasteiger partial charge in [0.15, 0.2) is 0 Å². The van der Waals surface area contributed by atoms with E-state index in [0.29, 0.717) is 18.6 Å². The molecule has 0 heterocycles. The number of nitrogens with one attached hydrogen (secondary N) is 1. The van der Waals surface area contributed by atoms with Gasteiger partial charge in [-0.15, -0.1) is 0 Å². The minimum absolute atomic E-state index is 0.0247. The largest absolute Gasteiger partial charge is 0.350 e. The lowest BCUT2D eigenvalue weighted by Gasteiger charge is -2.11. The van der Waals surface area contributed by atoms with Crippen LogP contribution in [0.1, 0.15) is 23.7 Å². The summed E-state index contributed by atoms with van der Waals surface area (Å²) in [6, 6.07) is 0.989. The van der Waals surface area contributed by atoms with Crippen LogP contribution >= 0.6 is 0 Å². The molecule has 1 unspecified atom stereocenters. The Morgan fingerprint density at radius 2 is 2.16 bits per heavy atom. The van der Waals surface area contributed by atoms with E-state index in [2.05, 4.69) is 5.32 Å². The lowest BCUT2D eigenvalue weighted by Crippen LogP contribution is -2.37. The van der Waals surface area contributed by atoms with Crippen molar-refractivity contribution in [1.29, 1.82) is 0 Å². The molecular weight excluding hydrogens is 260 g/mol. The monoisotopic (exact) mass is 273 g/mol. The predicted octanol–water partition coefficient (Wildman–Crippen LogP) is 1.34. The average molecular weight is 273 g/mol. The van der Waals surface area contributed by atoms with E-state index >= 15 is 0 Å². The second-order valence-electron chi connectivity index (χ2n) is 3.89. The van der Waals surface area contributed by atoms with Gasteiger partial charge in [-0.05, 0) is 12.5 Å². The Bertz CT molecular complexity index is 508. The van der Waals surface area contributed by atoms with Crippen molar-refractivity contribution in [3.8, 4) is 0 Å². The van der Waals surface area contributed by atoms with Crippen LogP contribution in [0, 0.1) is 21.7 Å². The van der Waals surface area contributed by atoms with Crippen molar-refractivity contribution in [3.63, 3.8) is 0 Å². The summed E-state index contributed by atoms with van der Waals surface area (Å²) < 4.78 is 27.1. The molecule has 3 N–H and O–H groups in total. The van der Waals surface area contributed by atoms with E-state index in [4.69, 9.17) is 5.73 Å². The third-order valence-electron chi connectivity index (χ3n) is 2.54. The van der Waals surface area contributed by atoms with Crippen molar-refractivity contribution in [2.75, 3.05) is 6.54 Å². The van der Waals surface area contributed by atoms with Crippen molar-refractivity contribution < 1.29 is 18.5 Å². The highest BCUT2D eigenvalue weighted by Gasteiger charge is 2.26. The summed E-state index contributed by atoms with van der Waals surface area (Å²) >= 11 is 0. The molecule has 0 fully saturated rings. The predicted molar refractivity (Wildman–Crippen MR) is 63.6 cm³/mol. The Morgan fingerprint density at radius 3 is 2.68 bits per heavy atom. The van der Waals surface area contributed by atoms with Crippen molar-refractivity contribution in [3.05, 3.63) is 39.4 Å². The maximum absolute atomic E-state index is 13.7. The molecular formula is C11H13F2N3O3. The number of rotatable bonds is 5. The summed E-state index contributed by atoms with van der Waals surface area (Å²) in [5, 5.41) is 12.7. The van der Waals surface area contributed by atoms with Crippen LogP contribution in [0.25, 0.3) is 0 Å². The van der Waals surface area contributed by atoms with Gasteiger partial charge in [-0.1, -0.05) is 6.92 Å². The summed E-state index contributed by atoms with van der Waals surface area (Å²) in [5.74, 6) is -3.72. The highest BCUT2D eigenvalue weighted by molar-refractivity contribution is 5.95. The molecule has 6 nitrogen and oxygen atoms in total. The SMILES string of the molecule is CCC(N)CNC(=O)c1c(F)ccc([N+](=O)[O-])c1F. The lowest BCUT2D eigenvalue weighted by atomic mass is 10.1. The molecule has 0 aliphatic heterocycles. The molecule has 0 aliphatic carbocycles. The highest BCUT2D eigenvalue weighted by atomic mass is 19.1. The highest BCUT2D eigenvalue weighted by Crippen LogP contribution is 2.22. The minimum Gasteiger partial charge on any atom is -0.350 e. The first-order valence-electron chi connectivity index (χ1n) is 5.54. The number of hydrogen-bond donors (Lipinski definition) is 2. The lowest BCUT2D eigenvalue weighted by molar-refractivity contribution is -0.387. The van der Waals surface area contributed by atoms with Gasteiger partial charge >= 0.3 is 5.69 Å². The smallest absolute Gasteiger partial charge is 0.305 e. The van der Waals surface area contributed by atoms with Gasteiger partial charge in [0.1, 0.15) is 11.4 Å². The fourth-order valence-electron chi connectivity index (χ4n) is 1.35. The van der Waals surface area contributed by atoms with Crippen LogP contribution in [0.2, 0.25) is 0 Å². The zero-order valence-corrected chi connectivity index (χ0v) is 10.2. The molecule has 0 saturated heterocycles. The fourth-order valence-corrected chi connectivity index (χ4v) is 1.35. The number of halogens is 2. The van der Waals surface area contributed by atoms with Crippen molar-refractivity contribution in [2.45, 2.75) is 19.4 Å². The summed E-state index contributed by atoms with van der Waals surface area (Å²) in [7, 11) is 0. The molecule has 1 aromatic carbocycles. The van der Waals surface area contributed by atoms with Gasteiger partial charge in [0.05, 0.1) is 4.92 Å². The number of carbonyl (C=O) groups is 1. The first-order chi connectivity index (χ1) is 8.88. The molecule has 19 heavy (non-hydrogen) atoms. The second kappa shape index (κ2) is 6.19. The number of benzene rings is 1. The van der Waals surface area contributed by atoms with Crippen LogP contribution in [0.3, 0.4) is 0 Å². The van der Waals surface area contributed by atoms with Crippen LogP contribution in [-0.4, -0.2) is 23.4 Å². The van der Waals surface area contributed by atoms with Crippen molar-refractivity contribution in [2.24, 2.45) is 5.73 Å². The first kappa shape index (κ1) is 15.0. The van der Waals surface area contributed by atoms with E-state index in [0.717, 1.165) is 0 Å². The molecule has 1 amide bonds. The number of nitrogens with zero attached hydrogens (tertiary/aromatic N) is 1. The number of nitro benzene ring substituents is 1. The van der Waals surface area contributed by atoms with Crippen LogP contribution in [0.15, 0.2) is 12.1 Å². The van der Waals surface area contributed by atoms with E-state index < -0.39 is 33.7 Å². The molecule has 0 aromatic heterocycles. The van der Waals surface area contributed by atoms with Crippen molar-refractivity contribution >= 4 is 11.6 Å². The molecule has 0 radical (unpaired) electrons. The Kier molecular flexibility index (Phi) is 4.87. The summed E-state index contributed by atoms with van der Waals surface area (Å²) in [4.78, 5) is 21.1. The molecule has 0 bridgehead atoms. The van der Waals surface area contributed by atoms with Crippen LogP contribution in [0.4, 0.5) is 14.5 Å². The Labute approximate surface area is 107 Å². The second-order valence-corrected chi connectivity index (χ2v) is 3.89. The third kappa shape index (κ3) is 3.44. The van der Waals surface area contributed by atoms with E-state index in [-0.39, 0.29) is 12.6 Å². The molecule has 1 rings (SSSR count). The average Bonchev–Trinajstić information content (AvgIpc) is 2.35. The van der Waals surface area contributed by atoms with E-state index in [9.17, 15) is 23.7 Å².